The number of hydrogen-bond acceptors (Lipinski definition) is 11. The minimum absolute atomic E-state index is 0.0710. The number of tetrazole rings is 1. The predicted molar refractivity (Wildman–Crippen MR) is 139 cm³/mol. The number of thioether (sulfide) groups is 1. The van der Waals surface area contributed by atoms with Crippen LogP contribution in [0.25, 0.3) is 0 Å². The molecule has 0 saturated carbocycles. The maximum atomic E-state index is 13.3. The highest BCUT2D eigenvalue weighted by atomic mass is 32.2. The summed E-state index contributed by atoms with van der Waals surface area (Å²) < 4.78 is 23.7. The third kappa shape index (κ3) is 5.67. The fourth-order valence-corrected chi connectivity index (χ4v) is 6.95. The van der Waals surface area contributed by atoms with Crippen molar-refractivity contribution in [3.05, 3.63) is 65.4 Å². The van der Waals surface area contributed by atoms with Crippen molar-refractivity contribution >= 4 is 46.5 Å². The minimum Gasteiger partial charge on any atom is -0.477 e. The van der Waals surface area contributed by atoms with E-state index in [1.807, 2.05) is 12.2 Å². The maximum Gasteiger partial charge on any atom is 0.514 e. The molecule has 2 aromatic rings. The molecule has 1 fully saturated rings. The molecule has 3 unspecified atom stereocenters. The summed E-state index contributed by atoms with van der Waals surface area (Å²) in [6, 6.07) is 6.87. The highest BCUT2D eigenvalue weighted by Crippen LogP contribution is 2.36. The van der Waals surface area contributed by atoms with Crippen LogP contribution < -0.4 is 10.1 Å². The van der Waals surface area contributed by atoms with Gasteiger partial charge in [0.15, 0.2) is 0 Å². The van der Waals surface area contributed by atoms with Crippen LogP contribution in [-0.4, -0.2) is 87.8 Å². The second kappa shape index (κ2) is 11.8. The lowest BCUT2D eigenvalue weighted by atomic mass is 9.98. The SMILES string of the molecule is O=C(Oc1ccccc1)OC(C(=O)NC1C(=O)N2C(C(=O)O)=C(CSc3nn[nH]n3)CS(=O)[C@@H]12)C1=CCC=CC1. The zero-order valence-electron chi connectivity index (χ0n) is 20.6. The third-order valence-corrected chi connectivity index (χ3v) is 8.75. The summed E-state index contributed by atoms with van der Waals surface area (Å²) in [6.07, 6.45) is 3.72. The summed E-state index contributed by atoms with van der Waals surface area (Å²) in [5.41, 5.74) is 0.444. The van der Waals surface area contributed by atoms with Crippen molar-refractivity contribution in [1.82, 2.24) is 30.8 Å². The summed E-state index contributed by atoms with van der Waals surface area (Å²) in [5, 5.41) is 24.8. The molecule has 1 aromatic carbocycles. The van der Waals surface area contributed by atoms with E-state index in [1.54, 1.807) is 36.4 Å². The number of fused-ring (bicyclic) bond motifs is 1. The number of carboxylic acid groups (broad SMARTS) is 1. The molecule has 2 amide bonds. The van der Waals surface area contributed by atoms with Crippen molar-refractivity contribution in [3.8, 4) is 5.75 Å². The van der Waals surface area contributed by atoms with Gasteiger partial charge in [-0.25, -0.2) is 9.59 Å². The Hall–Kier alpha value is -4.31. The van der Waals surface area contributed by atoms with Crippen molar-refractivity contribution in [2.45, 2.75) is 35.5 Å². The minimum atomic E-state index is -1.73. The number of H-pyrrole nitrogens is 1. The number of aromatic amines is 1. The van der Waals surface area contributed by atoms with E-state index < -0.39 is 52.3 Å². The Morgan fingerprint density at radius 1 is 1.25 bits per heavy atom. The van der Waals surface area contributed by atoms with Gasteiger partial charge in [0.25, 0.3) is 11.8 Å². The average molecular weight is 587 g/mol. The molecule has 16 heteroatoms. The van der Waals surface area contributed by atoms with E-state index in [1.165, 1.54) is 0 Å². The number of ether oxygens (including phenoxy) is 2. The number of aromatic nitrogens is 4. The van der Waals surface area contributed by atoms with Gasteiger partial charge in [0, 0.05) is 5.75 Å². The summed E-state index contributed by atoms with van der Waals surface area (Å²) in [7, 11) is -1.73. The molecule has 3 aliphatic rings. The van der Waals surface area contributed by atoms with Crippen LogP contribution in [0.1, 0.15) is 12.8 Å². The zero-order valence-corrected chi connectivity index (χ0v) is 22.2. The van der Waals surface area contributed by atoms with Gasteiger partial charge in [0.2, 0.25) is 11.3 Å². The van der Waals surface area contributed by atoms with Crippen LogP contribution in [0.5, 0.6) is 5.75 Å². The Kier molecular flexibility index (Phi) is 8.06. The second-order valence-corrected chi connectivity index (χ2v) is 11.2. The summed E-state index contributed by atoms with van der Waals surface area (Å²) in [5.74, 6) is -2.77. The first-order valence-electron chi connectivity index (χ1n) is 11.9. The van der Waals surface area contributed by atoms with Crippen LogP contribution in [0.15, 0.2) is 70.6 Å². The largest absolute Gasteiger partial charge is 0.514 e. The molecule has 3 N–H and O–H groups in total. The number of nitrogens with zero attached hydrogens (tertiary/aromatic N) is 4. The van der Waals surface area contributed by atoms with Gasteiger partial charge in [0.05, 0.1) is 16.6 Å². The number of β-lactam (4-membered cyclic amide) rings is 1. The first kappa shape index (κ1) is 27.3. The molecule has 40 heavy (non-hydrogen) atoms. The number of hydrogen-bond donors (Lipinski definition) is 3. The number of para-hydroxylation sites is 1. The molecule has 4 atom stereocenters. The van der Waals surface area contributed by atoms with Crippen molar-refractivity contribution in [2.75, 3.05) is 11.5 Å². The van der Waals surface area contributed by atoms with Gasteiger partial charge in [-0.15, -0.1) is 10.2 Å². The van der Waals surface area contributed by atoms with Gasteiger partial charge in [0.1, 0.15) is 22.9 Å². The normalized spacial score (nSPS) is 22.5. The molecule has 1 aromatic heterocycles. The van der Waals surface area contributed by atoms with Crippen LogP contribution in [0.4, 0.5) is 4.79 Å². The third-order valence-electron chi connectivity index (χ3n) is 6.18. The van der Waals surface area contributed by atoms with E-state index in [9.17, 15) is 28.5 Å². The molecule has 5 rings (SSSR count). The fraction of sp³-hybridized carbons (Fsp3) is 0.292. The molecule has 2 aliphatic heterocycles. The molecule has 0 spiro atoms. The first-order valence-corrected chi connectivity index (χ1v) is 14.3. The van der Waals surface area contributed by atoms with E-state index in [0.29, 0.717) is 18.4 Å². The monoisotopic (exact) mass is 586 g/mol. The number of carboxylic acids is 1. The molecule has 208 valence electrons. The van der Waals surface area contributed by atoms with Gasteiger partial charge in [-0.3, -0.25) is 18.7 Å². The highest BCUT2D eigenvalue weighted by Gasteiger charge is 2.57. The summed E-state index contributed by atoms with van der Waals surface area (Å²) in [6.45, 7) is 0. The Labute approximate surface area is 233 Å². The lowest BCUT2D eigenvalue weighted by Crippen LogP contribution is -2.74. The first-order chi connectivity index (χ1) is 19.3. The van der Waals surface area contributed by atoms with Crippen LogP contribution in [0, 0.1) is 0 Å². The predicted octanol–water partition coefficient (Wildman–Crippen LogP) is 0.906. The molecular formula is C24H22N6O8S2. The van der Waals surface area contributed by atoms with Gasteiger partial charge < -0.3 is 19.9 Å². The molecule has 1 aliphatic carbocycles. The lowest BCUT2D eigenvalue weighted by molar-refractivity contribution is -0.151. The van der Waals surface area contributed by atoms with Gasteiger partial charge in [-0.1, -0.05) is 48.2 Å². The molecule has 0 bridgehead atoms. The molecule has 0 radical (unpaired) electrons. The van der Waals surface area contributed by atoms with E-state index >= 15 is 0 Å². The number of aliphatic carboxylic acids is 1. The second-order valence-electron chi connectivity index (χ2n) is 8.70. The average Bonchev–Trinajstić information content (AvgIpc) is 3.47. The van der Waals surface area contributed by atoms with E-state index in [2.05, 4.69) is 25.9 Å². The van der Waals surface area contributed by atoms with Gasteiger partial charge in [-0.2, -0.15) is 5.21 Å². The van der Waals surface area contributed by atoms with Crippen molar-refractivity contribution in [1.29, 1.82) is 0 Å². The maximum absolute atomic E-state index is 13.3. The van der Waals surface area contributed by atoms with Crippen molar-refractivity contribution in [3.63, 3.8) is 0 Å². The number of amides is 2. The van der Waals surface area contributed by atoms with Gasteiger partial charge in [-0.05, 0) is 41.3 Å². The van der Waals surface area contributed by atoms with Crippen LogP contribution in [-0.2, 0) is 29.9 Å². The number of allylic oxidation sites excluding steroid dienone is 3. The smallest absolute Gasteiger partial charge is 0.477 e. The number of nitrogens with one attached hydrogen (secondary N) is 2. The zero-order chi connectivity index (χ0) is 28.2. The van der Waals surface area contributed by atoms with Crippen LogP contribution in [0.3, 0.4) is 0 Å². The molecule has 1 saturated heterocycles. The van der Waals surface area contributed by atoms with Crippen molar-refractivity contribution < 1.29 is 38.0 Å². The Balaban J connectivity index is 1.31. The molecule has 3 heterocycles. The van der Waals surface area contributed by atoms with E-state index in [-0.39, 0.29) is 33.7 Å². The molecule has 14 nitrogen and oxygen atoms in total. The van der Waals surface area contributed by atoms with Gasteiger partial charge >= 0.3 is 12.1 Å². The molecular weight excluding hydrogens is 564 g/mol. The van der Waals surface area contributed by atoms with Crippen LogP contribution in [0.2, 0.25) is 0 Å². The number of rotatable bonds is 9. The number of benzene rings is 1. The number of carbonyl (C=O) groups excluding carboxylic acids is 3. The summed E-state index contributed by atoms with van der Waals surface area (Å²) in [4.78, 5) is 52.0. The van der Waals surface area contributed by atoms with E-state index in [4.69, 9.17) is 9.47 Å². The van der Waals surface area contributed by atoms with Crippen molar-refractivity contribution in [2.24, 2.45) is 0 Å². The van der Waals surface area contributed by atoms with Crippen LogP contribution >= 0.6 is 11.8 Å². The van der Waals surface area contributed by atoms with E-state index in [0.717, 1.165) is 16.7 Å². The highest BCUT2D eigenvalue weighted by molar-refractivity contribution is 7.99. The fourth-order valence-electron chi connectivity index (χ4n) is 4.39. The Bertz CT molecular complexity index is 1440. The topological polar surface area (TPSA) is 194 Å². The quantitative estimate of drug-likeness (QED) is 0.124. The number of carbonyl (C=O) groups is 4. The summed E-state index contributed by atoms with van der Waals surface area (Å²) >= 11 is 1.07. The Morgan fingerprint density at radius 3 is 2.73 bits per heavy atom. The lowest BCUT2D eigenvalue weighted by Gasteiger charge is -2.49. The standard InChI is InChI=1S/C24H22N6O8S2/c31-19(18(13-7-3-1-4-8-13)38-24(35)37-15-9-5-2-6-10-15)25-16-20(32)30-17(22(33)34)14(12-40(36)21(16)30)11-39-23-26-28-29-27-23/h1-3,5-6,8-10,16,18,21H,4,7,11-12H2,(H,25,31)(H,33,34)(H,26,27,28,29)/t16?,18?,21-,40?/m0/s1. The Morgan fingerprint density at radius 2 is 2.05 bits per heavy atom.